The first-order chi connectivity index (χ1) is 8.24. The van der Waals surface area contributed by atoms with Crippen LogP contribution in [0, 0.1) is 11.8 Å². The molecule has 17 heavy (non-hydrogen) atoms. The smallest absolute Gasteiger partial charge is 0.220 e. The van der Waals surface area contributed by atoms with E-state index in [4.69, 9.17) is 0 Å². The van der Waals surface area contributed by atoms with Crippen molar-refractivity contribution in [2.24, 2.45) is 11.8 Å². The first-order valence-electron chi connectivity index (χ1n) is 7.53. The summed E-state index contributed by atoms with van der Waals surface area (Å²) in [4.78, 5) is 12.0. The molecule has 2 heteroatoms. The van der Waals surface area contributed by atoms with Crippen LogP contribution in [0.5, 0.6) is 0 Å². The molecule has 0 heterocycles. The molecule has 2 rings (SSSR count). The fraction of sp³-hybridized carbons (Fsp3) is 0.933. The van der Waals surface area contributed by atoms with Gasteiger partial charge in [-0.25, -0.2) is 0 Å². The topological polar surface area (TPSA) is 29.1 Å². The highest BCUT2D eigenvalue weighted by molar-refractivity contribution is 5.76. The SMILES string of the molecule is CC1CCCC(NC(=O)CC2CCCCC2)C1. The van der Waals surface area contributed by atoms with E-state index in [0.29, 0.717) is 17.9 Å². The highest BCUT2D eigenvalue weighted by Gasteiger charge is 2.22. The molecular formula is C15H27NO. The minimum absolute atomic E-state index is 0.316. The second kappa shape index (κ2) is 6.42. The largest absolute Gasteiger partial charge is 0.353 e. The molecule has 2 unspecified atom stereocenters. The van der Waals surface area contributed by atoms with Gasteiger partial charge in [-0.2, -0.15) is 0 Å². The predicted molar refractivity (Wildman–Crippen MR) is 70.8 cm³/mol. The van der Waals surface area contributed by atoms with Crippen LogP contribution in [-0.4, -0.2) is 11.9 Å². The first kappa shape index (κ1) is 12.9. The zero-order chi connectivity index (χ0) is 12.1. The lowest BCUT2D eigenvalue weighted by atomic mass is 9.85. The molecule has 2 atom stereocenters. The zero-order valence-electron chi connectivity index (χ0n) is 11.2. The molecular weight excluding hydrogens is 210 g/mol. The van der Waals surface area contributed by atoms with Crippen LogP contribution in [0.4, 0.5) is 0 Å². The standard InChI is InChI=1S/C15H27NO/c1-12-6-5-9-14(10-12)16-15(17)11-13-7-3-2-4-8-13/h12-14H,2-11H2,1H3,(H,16,17). The molecule has 1 N–H and O–H groups in total. The van der Waals surface area contributed by atoms with Crippen molar-refractivity contribution in [1.82, 2.24) is 5.32 Å². The van der Waals surface area contributed by atoms with Gasteiger partial charge in [0.05, 0.1) is 0 Å². The number of carbonyl (C=O) groups is 1. The number of hydrogen-bond donors (Lipinski definition) is 1. The molecule has 0 aromatic rings. The van der Waals surface area contributed by atoms with Crippen molar-refractivity contribution >= 4 is 5.91 Å². The highest BCUT2D eigenvalue weighted by Crippen LogP contribution is 2.27. The Morgan fingerprint density at radius 1 is 1.06 bits per heavy atom. The average molecular weight is 237 g/mol. The molecule has 2 aliphatic carbocycles. The van der Waals surface area contributed by atoms with E-state index in [0.717, 1.165) is 12.3 Å². The number of amides is 1. The minimum Gasteiger partial charge on any atom is -0.353 e. The average Bonchev–Trinajstić information content (AvgIpc) is 2.30. The fourth-order valence-electron chi connectivity index (χ4n) is 3.51. The van der Waals surface area contributed by atoms with Gasteiger partial charge < -0.3 is 5.32 Å². The zero-order valence-corrected chi connectivity index (χ0v) is 11.2. The summed E-state index contributed by atoms with van der Waals surface area (Å²) in [6.07, 6.45) is 12.4. The second-order valence-corrected chi connectivity index (χ2v) is 6.24. The van der Waals surface area contributed by atoms with Crippen LogP contribution >= 0.6 is 0 Å². The van der Waals surface area contributed by atoms with Gasteiger partial charge in [0, 0.05) is 12.5 Å². The molecule has 0 aromatic heterocycles. The maximum absolute atomic E-state index is 12.0. The van der Waals surface area contributed by atoms with Gasteiger partial charge in [-0.15, -0.1) is 0 Å². The molecule has 2 saturated carbocycles. The number of carbonyl (C=O) groups excluding carboxylic acids is 1. The molecule has 0 aromatic carbocycles. The third-order valence-corrected chi connectivity index (χ3v) is 4.50. The van der Waals surface area contributed by atoms with Crippen LogP contribution in [-0.2, 0) is 4.79 Å². The van der Waals surface area contributed by atoms with E-state index in [1.54, 1.807) is 0 Å². The van der Waals surface area contributed by atoms with E-state index in [2.05, 4.69) is 12.2 Å². The van der Waals surface area contributed by atoms with E-state index < -0.39 is 0 Å². The number of rotatable bonds is 3. The summed E-state index contributed by atoms with van der Waals surface area (Å²) in [6, 6.07) is 0.467. The normalized spacial score (nSPS) is 31.1. The predicted octanol–water partition coefficient (Wildman–Crippen LogP) is 3.65. The van der Waals surface area contributed by atoms with Crippen molar-refractivity contribution in [2.75, 3.05) is 0 Å². The van der Waals surface area contributed by atoms with Crippen LogP contribution in [0.25, 0.3) is 0 Å². The Morgan fingerprint density at radius 3 is 2.53 bits per heavy atom. The van der Waals surface area contributed by atoms with Crippen molar-refractivity contribution in [3.05, 3.63) is 0 Å². The first-order valence-corrected chi connectivity index (χ1v) is 7.53. The molecule has 0 saturated heterocycles. The second-order valence-electron chi connectivity index (χ2n) is 6.24. The summed E-state index contributed by atoms with van der Waals surface area (Å²) >= 11 is 0. The van der Waals surface area contributed by atoms with Crippen molar-refractivity contribution < 1.29 is 4.79 Å². The Bertz CT molecular complexity index is 245. The summed E-state index contributed by atoms with van der Waals surface area (Å²) in [5, 5.41) is 3.26. The Hall–Kier alpha value is -0.530. The molecule has 1 amide bonds. The maximum Gasteiger partial charge on any atom is 0.220 e. The van der Waals surface area contributed by atoms with Gasteiger partial charge in [0.25, 0.3) is 0 Å². The quantitative estimate of drug-likeness (QED) is 0.797. The molecule has 2 nitrogen and oxygen atoms in total. The summed E-state index contributed by atoms with van der Waals surface area (Å²) in [5.74, 6) is 1.78. The molecule has 0 aliphatic heterocycles. The van der Waals surface area contributed by atoms with Crippen LogP contribution < -0.4 is 5.32 Å². The lowest BCUT2D eigenvalue weighted by Gasteiger charge is -2.28. The summed E-state index contributed by atoms with van der Waals surface area (Å²) < 4.78 is 0. The van der Waals surface area contributed by atoms with E-state index in [-0.39, 0.29) is 0 Å². The Kier molecular flexibility index (Phi) is 4.87. The molecule has 0 bridgehead atoms. The summed E-state index contributed by atoms with van der Waals surface area (Å²) in [6.45, 7) is 2.31. The lowest BCUT2D eigenvalue weighted by Crippen LogP contribution is -2.38. The van der Waals surface area contributed by atoms with E-state index in [1.165, 1.54) is 57.8 Å². The van der Waals surface area contributed by atoms with Crippen molar-refractivity contribution in [3.8, 4) is 0 Å². The minimum atomic E-state index is 0.316. The van der Waals surface area contributed by atoms with Gasteiger partial charge in [-0.1, -0.05) is 39.0 Å². The molecule has 2 aliphatic rings. The summed E-state index contributed by atoms with van der Waals surface area (Å²) in [5.41, 5.74) is 0. The van der Waals surface area contributed by atoms with Crippen LogP contribution in [0.3, 0.4) is 0 Å². The van der Waals surface area contributed by atoms with E-state index in [9.17, 15) is 4.79 Å². The van der Waals surface area contributed by atoms with Crippen molar-refractivity contribution in [3.63, 3.8) is 0 Å². The van der Waals surface area contributed by atoms with Gasteiger partial charge in [0.15, 0.2) is 0 Å². The van der Waals surface area contributed by atoms with Crippen molar-refractivity contribution in [1.29, 1.82) is 0 Å². The molecule has 0 spiro atoms. The molecule has 2 fully saturated rings. The van der Waals surface area contributed by atoms with Crippen LogP contribution in [0.1, 0.15) is 71.1 Å². The van der Waals surface area contributed by atoms with E-state index in [1.807, 2.05) is 0 Å². The van der Waals surface area contributed by atoms with Gasteiger partial charge in [0.2, 0.25) is 5.91 Å². The lowest BCUT2D eigenvalue weighted by molar-refractivity contribution is -0.123. The molecule has 0 radical (unpaired) electrons. The Balaban J connectivity index is 1.68. The molecule has 98 valence electrons. The van der Waals surface area contributed by atoms with Crippen LogP contribution in [0.2, 0.25) is 0 Å². The monoisotopic (exact) mass is 237 g/mol. The fourth-order valence-corrected chi connectivity index (χ4v) is 3.51. The Labute approximate surface area is 106 Å². The van der Waals surface area contributed by atoms with E-state index >= 15 is 0 Å². The van der Waals surface area contributed by atoms with Gasteiger partial charge in [-0.05, 0) is 37.5 Å². The number of nitrogens with one attached hydrogen (secondary N) is 1. The van der Waals surface area contributed by atoms with Gasteiger partial charge >= 0.3 is 0 Å². The van der Waals surface area contributed by atoms with Crippen LogP contribution in [0.15, 0.2) is 0 Å². The Morgan fingerprint density at radius 2 is 1.82 bits per heavy atom. The maximum atomic E-state index is 12.0. The summed E-state index contributed by atoms with van der Waals surface area (Å²) in [7, 11) is 0. The number of hydrogen-bond acceptors (Lipinski definition) is 1. The van der Waals surface area contributed by atoms with Crippen molar-refractivity contribution in [2.45, 2.75) is 77.2 Å². The van der Waals surface area contributed by atoms with Gasteiger partial charge in [0.1, 0.15) is 0 Å². The third-order valence-electron chi connectivity index (χ3n) is 4.50. The van der Waals surface area contributed by atoms with Gasteiger partial charge in [-0.3, -0.25) is 4.79 Å². The third kappa shape index (κ3) is 4.33. The highest BCUT2D eigenvalue weighted by atomic mass is 16.1.